The summed E-state index contributed by atoms with van der Waals surface area (Å²) in [5.41, 5.74) is 0. The highest BCUT2D eigenvalue weighted by Crippen LogP contribution is 2.33. The van der Waals surface area contributed by atoms with Crippen LogP contribution in [0.3, 0.4) is 0 Å². The Bertz CT molecular complexity index is 346. The predicted molar refractivity (Wildman–Crippen MR) is 62.4 cm³/mol. The molecule has 3 heteroatoms. The highest BCUT2D eigenvalue weighted by molar-refractivity contribution is 5.70. The van der Waals surface area contributed by atoms with E-state index in [1.165, 1.54) is 12.8 Å². The first-order valence-electron chi connectivity index (χ1n) is 5.77. The molecular weight excluding hydrogens is 202 g/mol. The lowest BCUT2D eigenvalue weighted by atomic mass is 10.2. The van der Waals surface area contributed by atoms with Gasteiger partial charge in [-0.2, -0.15) is 0 Å². The van der Waals surface area contributed by atoms with Gasteiger partial charge in [0.1, 0.15) is 5.75 Å². The lowest BCUT2D eigenvalue weighted by Gasteiger charge is -2.13. The van der Waals surface area contributed by atoms with Crippen molar-refractivity contribution in [2.75, 3.05) is 0 Å². The van der Waals surface area contributed by atoms with Crippen LogP contribution in [0.2, 0.25) is 0 Å². The van der Waals surface area contributed by atoms with Crippen LogP contribution in [-0.4, -0.2) is 12.1 Å². The molecule has 1 aromatic rings. The molecule has 86 valence electrons. The number of carbonyl (C=O) groups is 1. The van der Waals surface area contributed by atoms with Crippen molar-refractivity contribution in [1.29, 1.82) is 0 Å². The molecule has 0 aliphatic heterocycles. The molecule has 1 saturated carbocycles. The second kappa shape index (κ2) is 5.01. The van der Waals surface area contributed by atoms with Gasteiger partial charge in [-0.3, -0.25) is 0 Å². The fourth-order valence-corrected chi connectivity index (χ4v) is 1.74. The summed E-state index contributed by atoms with van der Waals surface area (Å²) in [5.74, 6) is 1.39. The number of hydrogen-bond acceptors (Lipinski definition) is 2. The summed E-state index contributed by atoms with van der Waals surface area (Å²) in [4.78, 5) is 11.5. The van der Waals surface area contributed by atoms with Gasteiger partial charge in [0, 0.05) is 6.04 Å². The van der Waals surface area contributed by atoms with Crippen LogP contribution in [0.25, 0.3) is 0 Å². The Kier molecular flexibility index (Phi) is 3.44. The molecule has 1 aliphatic carbocycles. The fourth-order valence-electron chi connectivity index (χ4n) is 1.74. The molecule has 0 aromatic heterocycles. The maximum absolute atomic E-state index is 11.5. The number of amides is 1. The predicted octanol–water partition coefficient (Wildman–Crippen LogP) is 2.96. The molecule has 3 nitrogen and oxygen atoms in total. The van der Waals surface area contributed by atoms with E-state index in [9.17, 15) is 4.79 Å². The molecule has 16 heavy (non-hydrogen) atoms. The summed E-state index contributed by atoms with van der Waals surface area (Å²) < 4.78 is 5.14. The first-order chi connectivity index (χ1) is 7.74. The van der Waals surface area contributed by atoms with E-state index in [0.717, 1.165) is 12.3 Å². The molecule has 0 spiro atoms. The van der Waals surface area contributed by atoms with Gasteiger partial charge in [0.05, 0.1) is 0 Å². The zero-order valence-electron chi connectivity index (χ0n) is 9.48. The maximum Gasteiger partial charge on any atom is 0.412 e. The molecule has 1 aromatic carbocycles. The van der Waals surface area contributed by atoms with E-state index in [-0.39, 0.29) is 12.1 Å². The standard InChI is InChI=1S/C13H17NO2/c1-10(9-11-7-8-11)14-13(15)16-12-5-3-2-4-6-12/h2-6,10-11H,7-9H2,1H3,(H,14,15). The van der Waals surface area contributed by atoms with Crippen molar-refractivity contribution in [3.63, 3.8) is 0 Å². The van der Waals surface area contributed by atoms with E-state index < -0.39 is 0 Å². The van der Waals surface area contributed by atoms with Crippen molar-refractivity contribution < 1.29 is 9.53 Å². The highest BCUT2D eigenvalue weighted by Gasteiger charge is 2.24. The Hall–Kier alpha value is -1.51. The first-order valence-corrected chi connectivity index (χ1v) is 5.77. The van der Waals surface area contributed by atoms with Crippen LogP contribution in [-0.2, 0) is 0 Å². The number of hydrogen-bond donors (Lipinski definition) is 1. The largest absolute Gasteiger partial charge is 0.412 e. The molecule has 1 amide bonds. The molecule has 1 atom stereocenters. The van der Waals surface area contributed by atoms with E-state index in [1.54, 1.807) is 12.1 Å². The zero-order chi connectivity index (χ0) is 11.4. The fraction of sp³-hybridized carbons (Fsp3) is 0.462. The summed E-state index contributed by atoms with van der Waals surface area (Å²) >= 11 is 0. The molecular formula is C13H17NO2. The SMILES string of the molecule is CC(CC1CC1)NC(=O)Oc1ccccc1. The smallest absolute Gasteiger partial charge is 0.410 e. The second-order valence-corrected chi connectivity index (χ2v) is 4.43. The van der Waals surface area contributed by atoms with Gasteiger partial charge in [0.2, 0.25) is 0 Å². The summed E-state index contributed by atoms with van der Waals surface area (Å²) in [6.45, 7) is 2.02. The quantitative estimate of drug-likeness (QED) is 0.845. The Morgan fingerprint density at radius 3 is 2.75 bits per heavy atom. The van der Waals surface area contributed by atoms with Crippen molar-refractivity contribution >= 4 is 6.09 Å². The van der Waals surface area contributed by atoms with Crippen LogP contribution in [0.4, 0.5) is 4.79 Å². The van der Waals surface area contributed by atoms with E-state index >= 15 is 0 Å². The van der Waals surface area contributed by atoms with Crippen LogP contribution in [0.15, 0.2) is 30.3 Å². The monoisotopic (exact) mass is 219 g/mol. The summed E-state index contributed by atoms with van der Waals surface area (Å²) in [7, 11) is 0. The third-order valence-corrected chi connectivity index (χ3v) is 2.70. The maximum atomic E-state index is 11.5. The lowest BCUT2D eigenvalue weighted by molar-refractivity contribution is 0.196. The van der Waals surface area contributed by atoms with Crippen LogP contribution in [0, 0.1) is 5.92 Å². The van der Waals surface area contributed by atoms with Gasteiger partial charge in [0.25, 0.3) is 0 Å². The molecule has 1 aliphatic rings. The summed E-state index contributed by atoms with van der Waals surface area (Å²) in [5, 5.41) is 2.84. The van der Waals surface area contributed by atoms with Crippen LogP contribution in [0.5, 0.6) is 5.75 Å². The van der Waals surface area contributed by atoms with Gasteiger partial charge in [-0.05, 0) is 31.4 Å². The minimum Gasteiger partial charge on any atom is -0.410 e. The van der Waals surface area contributed by atoms with E-state index in [0.29, 0.717) is 5.75 Å². The lowest BCUT2D eigenvalue weighted by Crippen LogP contribution is -2.35. The Morgan fingerprint density at radius 1 is 1.44 bits per heavy atom. The van der Waals surface area contributed by atoms with Gasteiger partial charge < -0.3 is 10.1 Å². The third-order valence-electron chi connectivity index (χ3n) is 2.70. The van der Waals surface area contributed by atoms with Gasteiger partial charge >= 0.3 is 6.09 Å². The average Bonchev–Trinajstić information content (AvgIpc) is 3.02. The number of nitrogens with one attached hydrogen (secondary N) is 1. The van der Waals surface area contributed by atoms with E-state index in [4.69, 9.17) is 4.74 Å². The molecule has 2 rings (SSSR count). The Balaban J connectivity index is 1.75. The molecule has 0 saturated heterocycles. The topological polar surface area (TPSA) is 38.3 Å². The van der Waals surface area contributed by atoms with Gasteiger partial charge in [0.15, 0.2) is 0 Å². The third kappa shape index (κ3) is 3.57. The van der Waals surface area contributed by atoms with Crippen molar-refractivity contribution in [3.05, 3.63) is 30.3 Å². The van der Waals surface area contributed by atoms with Crippen molar-refractivity contribution in [2.24, 2.45) is 5.92 Å². The van der Waals surface area contributed by atoms with Crippen molar-refractivity contribution in [1.82, 2.24) is 5.32 Å². The Morgan fingerprint density at radius 2 is 2.12 bits per heavy atom. The van der Waals surface area contributed by atoms with Crippen LogP contribution in [0.1, 0.15) is 26.2 Å². The average molecular weight is 219 g/mol. The van der Waals surface area contributed by atoms with Gasteiger partial charge in [-0.1, -0.05) is 31.0 Å². The minimum atomic E-state index is -0.362. The number of ether oxygens (including phenoxy) is 1. The number of rotatable bonds is 4. The normalized spacial score (nSPS) is 16.6. The zero-order valence-corrected chi connectivity index (χ0v) is 9.48. The van der Waals surface area contributed by atoms with Crippen molar-refractivity contribution in [3.8, 4) is 5.75 Å². The molecule has 1 fully saturated rings. The van der Waals surface area contributed by atoms with Gasteiger partial charge in [-0.15, -0.1) is 0 Å². The van der Waals surface area contributed by atoms with Crippen LogP contribution >= 0.6 is 0 Å². The minimum absolute atomic E-state index is 0.198. The molecule has 0 heterocycles. The Labute approximate surface area is 95.8 Å². The van der Waals surface area contributed by atoms with Crippen LogP contribution < -0.4 is 10.1 Å². The van der Waals surface area contributed by atoms with Crippen molar-refractivity contribution in [2.45, 2.75) is 32.2 Å². The molecule has 1 unspecified atom stereocenters. The molecule has 0 bridgehead atoms. The number of benzene rings is 1. The highest BCUT2D eigenvalue weighted by atomic mass is 16.6. The van der Waals surface area contributed by atoms with Gasteiger partial charge in [-0.25, -0.2) is 4.79 Å². The summed E-state index contributed by atoms with van der Waals surface area (Å²) in [6.07, 6.45) is 3.31. The number of para-hydroxylation sites is 1. The van der Waals surface area contributed by atoms with E-state index in [1.807, 2.05) is 25.1 Å². The van der Waals surface area contributed by atoms with E-state index in [2.05, 4.69) is 5.32 Å². The molecule has 1 N–H and O–H groups in total. The number of carbonyl (C=O) groups excluding carboxylic acids is 1. The first kappa shape index (κ1) is 11.0. The molecule has 0 radical (unpaired) electrons. The second-order valence-electron chi connectivity index (χ2n) is 4.43. The summed E-state index contributed by atoms with van der Waals surface area (Å²) in [6, 6.07) is 9.31.